The Hall–Kier alpha value is -2.18. The fraction of sp³-hybridized carbons (Fsp3) is 0.188. The van der Waals surface area contributed by atoms with E-state index < -0.39 is 10.1 Å². The second kappa shape index (κ2) is 5.90. The predicted molar refractivity (Wildman–Crippen MR) is 83.0 cm³/mol. The Morgan fingerprint density at radius 3 is 2.64 bits per heavy atom. The maximum atomic E-state index is 10.7. The van der Waals surface area contributed by atoms with Crippen molar-refractivity contribution in [1.82, 2.24) is 4.98 Å². The van der Waals surface area contributed by atoms with E-state index in [1.807, 2.05) is 42.5 Å². The number of rotatable bonds is 5. The van der Waals surface area contributed by atoms with Crippen LogP contribution >= 0.6 is 0 Å². The third kappa shape index (κ3) is 3.52. The minimum atomic E-state index is -3.94. The van der Waals surface area contributed by atoms with Crippen LogP contribution in [0.15, 0.2) is 46.9 Å². The van der Waals surface area contributed by atoms with Gasteiger partial charge in [-0.1, -0.05) is 30.3 Å². The highest BCUT2D eigenvalue weighted by Crippen LogP contribution is 2.24. The second-order valence-corrected chi connectivity index (χ2v) is 6.52. The topological polar surface area (TPSA) is 80.4 Å². The molecule has 0 aliphatic heterocycles. The van der Waals surface area contributed by atoms with Gasteiger partial charge in [0, 0.05) is 12.5 Å². The highest BCUT2D eigenvalue weighted by molar-refractivity contribution is 7.85. The lowest BCUT2D eigenvalue weighted by atomic mass is 10.1. The van der Waals surface area contributed by atoms with Gasteiger partial charge in [0.05, 0.1) is 5.75 Å². The third-order valence-corrected chi connectivity index (χ3v) is 4.03. The van der Waals surface area contributed by atoms with Crippen LogP contribution in [0.25, 0.3) is 22.2 Å². The van der Waals surface area contributed by atoms with Crippen molar-refractivity contribution in [3.63, 3.8) is 0 Å². The van der Waals surface area contributed by atoms with E-state index in [-0.39, 0.29) is 12.2 Å². The maximum absolute atomic E-state index is 10.7. The van der Waals surface area contributed by atoms with Crippen molar-refractivity contribution in [2.24, 2.45) is 0 Å². The summed E-state index contributed by atoms with van der Waals surface area (Å²) < 4.78 is 35.7. The molecule has 0 bridgehead atoms. The molecule has 3 aromatic rings. The molecule has 0 unspecified atom stereocenters. The lowest BCUT2D eigenvalue weighted by molar-refractivity contribution is 0.477. The maximum Gasteiger partial charge on any atom is 0.264 e. The second-order valence-electron chi connectivity index (χ2n) is 4.95. The predicted octanol–water partition coefficient (Wildman–Crippen LogP) is 3.12. The smallest absolute Gasteiger partial charge is 0.264 e. The molecule has 1 radical (unpaired) electrons. The molecular formula is C16H14NO4S. The van der Waals surface area contributed by atoms with Gasteiger partial charge in [0.2, 0.25) is 0 Å². The largest absolute Gasteiger partial charge is 0.441 e. The van der Waals surface area contributed by atoms with Crippen LogP contribution in [0.2, 0.25) is 0 Å². The van der Waals surface area contributed by atoms with Crippen molar-refractivity contribution >= 4 is 21.2 Å². The zero-order valence-corrected chi connectivity index (χ0v) is 12.5. The first kappa shape index (κ1) is 14.7. The molecule has 1 aromatic heterocycles. The zero-order valence-electron chi connectivity index (χ0n) is 11.7. The molecule has 0 fully saturated rings. The molecule has 5 nitrogen and oxygen atoms in total. The van der Waals surface area contributed by atoms with E-state index in [9.17, 15) is 8.42 Å². The summed E-state index contributed by atoms with van der Waals surface area (Å²) in [4.78, 5) is 4.32. The van der Waals surface area contributed by atoms with E-state index >= 15 is 0 Å². The fourth-order valence-corrected chi connectivity index (χ4v) is 2.72. The average molecular weight is 316 g/mol. The van der Waals surface area contributed by atoms with Crippen LogP contribution in [0, 0.1) is 6.07 Å². The SMILES string of the molecule is O=S(=O)(O)CCCc1nc2[c]c(-c3ccccc3)ccc2o1. The summed E-state index contributed by atoms with van der Waals surface area (Å²) >= 11 is 0. The quantitative estimate of drug-likeness (QED) is 0.731. The number of aromatic nitrogens is 1. The van der Waals surface area contributed by atoms with Crippen LogP contribution in [-0.4, -0.2) is 23.7 Å². The van der Waals surface area contributed by atoms with Gasteiger partial charge in [0.15, 0.2) is 11.5 Å². The molecule has 0 aliphatic carbocycles. The lowest BCUT2D eigenvalue weighted by Gasteiger charge is -1.99. The van der Waals surface area contributed by atoms with Crippen molar-refractivity contribution in [3.05, 3.63) is 54.4 Å². The molecule has 0 amide bonds. The lowest BCUT2D eigenvalue weighted by Crippen LogP contribution is -2.04. The van der Waals surface area contributed by atoms with E-state index in [0.717, 1.165) is 11.1 Å². The Labute approximate surface area is 128 Å². The highest BCUT2D eigenvalue weighted by Gasteiger charge is 2.10. The van der Waals surface area contributed by atoms with Crippen LogP contribution in [0.4, 0.5) is 0 Å². The minimum absolute atomic E-state index is 0.261. The van der Waals surface area contributed by atoms with Gasteiger partial charge in [-0.25, -0.2) is 4.98 Å². The van der Waals surface area contributed by atoms with Crippen molar-refractivity contribution in [3.8, 4) is 11.1 Å². The number of nitrogens with zero attached hydrogens (tertiary/aromatic N) is 1. The Kier molecular flexibility index (Phi) is 3.96. The van der Waals surface area contributed by atoms with Crippen LogP contribution < -0.4 is 0 Å². The number of fused-ring (bicyclic) bond motifs is 1. The third-order valence-electron chi connectivity index (χ3n) is 3.23. The molecule has 1 N–H and O–H groups in total. The van der Waals surface area contributed by atoms with E-state index in [4.69, 9.17) is 8.97 Å². The molecule has 1 heterocycles. The van der Waals surface area contributed by atoms with Gasteiger partial charge in [0.1, 0.15) is 5.52 Å². The zero-order chi connectivity index (χ0) is 15.6. The van der Waals surface area contributed by atoms with E-state index in [1.54, 1.807) is 0 Å². The number of aryl methyl sites for hydroxylation is 1. The standard InChI is InChI=1S/C16H14NO4S/c18-22(19,20)10-4-7-16-17-14-11-13(8-9-15(14)21-16)12-5-2-1-3-6-12/h1-3,5-6,8-9H,4,7,10H2,(H,18,19,20). The van der Waals surface area contributed by atoms with Crippen molar-refractivity contribution in [1.29, 1.82) is 0 Å². The molecule has 113 valence electrons. The van der Waals surface area contributed by atoms with E-state index in [0.29, 0.717) is 23.4 Å². The Balaban J connectivity index is 1.81. The first-order valence-electron chi connectivity index (χ1n) is 6.83. The summed E-state index contributed by atoms with van der Waals surface area (Å²) in [5, 5.41) is 0. The van der Waals surface area contributed by atoms with Crippen LogP contribution in [0.5, 0.6) is 0 Å². The molecule has 3 rings (SSSR count). The number of hydrogen-bond acceptors (Lipinski definition) is 4. The van der Waals surface area contributed by atoms with Crippen molar-refractivity contribution < 1.29 is 17.4 Å². The highest BCUT2D eigenvalue weighted by atomic mass is 32.2. The Morgan fingerprint density at radius 2 is 1.91 bits per heavy atom. The summed E-state index contributed by atoms with van der Waals surface area (Å²) in [5.41, 5.74) is 3.19. The molecule has 22 heavy (non-hydrogen) atoms. The first-order chi connectivity index (χ1) is 10.5. The van der Waals surface area contributed by atoms with Gasteiger partial charge in [-0.3, -0.25) is 4.55 Å². The monoisotopic (exact) mass is 316 g/mol. The molecule has 0 atom stereocenters. The summed E-state index contributed by atoms with van der Waals surface area (Å²) in [6.07, 6.45) is 0.611. The van der Waals surface area contributed by atoms with Crippen LogP contribution in [0.1, 0.15) is 12.3 Å². The van der Waals surface area contributed by atoms with Gasteiger partial charge in [0.25, 0.3) is 10.1 Å². The first-order valence-corrected chi connectivity index (χ1v) is 8.44. The fourth-order valence-electron chi connectivity index (χ4n) is 2.21. The Bertz CT molecular complexity index is 885. The van der Waals surface area contributed by atoms with Gasteiger partial charge >= 0.3 is 0 Å². The van der Waals surface area contributed by atoms with E-state index in [2.05, 4.69) is 11.1 Å². The average Bonchev–Trinajstić information content (AvgIpc) is 2.88. The molecule has 0 saturated carbocycles. The van der Waals surface area contributed by atoms with Gasteiger partial charge < -0.3 is 4.42 Å². The number of hydrogen-bond donors (Lipinski definition) is 1. The molecule has 0 saturated heterocycles. The molecule has 2 aromatic carbocycles. The van der Waals surface area contributed by atoms with Crippen LogP contribution in [0.3, 0.4) is 0 Å². The van der Waals surface area contributed by atoms with Crippen LogP contribution in [-0.2, 0) is 16.5 Å². The molecular weight excluding hydrogens is 302 g/mol. The van der Waals surface area contributed by atoms with Crippen molar-refractivity contribution in [2.75, 3.05) is 5.75 Å². The normalized spacial score (nSPS) is 11.9. The summed E-state index contributed by atoms with van der Waals surface area (Å²) in [7, 11) is -3.94. The summed E-state index contributed by atoms with van der Waals surface area (Å²) in [6, 6.07) is 16.8. The number of benzene rings is 2. The molecule has 0 spiro atoms. The number of oxazole rings is 1. The molecule has 6 heteroatoms. The van der Waals surface area contributed by atoms with Gasteiger partial charge in [-0.2, -0.15) is 8.42 Å². The minimum Gasteiger partial charge on any atom is -0.441 e. The van der Waals surface area contributed by atoms with Gasteiger partial charge in [-0.05, 0) is 29.7 Å². The van der Waals surface area contributed by atoms with Gasteiger partial charge in [-0.15, -0.1) is 0 Å². The van der Waals surface area contributed by atoms with E-state index in [1.165, 1.54) is 0 Å². The summed E-state index contributed by atoms with van der Waals surface area (Å²) in [6.45, 7) is 0. The Morgan fingerprint density at radius 1 is 1.14 bits per heavy atom. The summed E-state index contributed by atoms with van der Waals surface area (Å²) in [5.74, 6) is 0.144. The van der Waals surface area contributed by atoms with Crippen molar-refractivity contribution in [2.45, 2.75) is 12.8 Å². The molecule has 0 aliphatic rings.